The van der Waals surface area contributed by atoms with Crippen LogP contribution in [-0.2, 0) is 0 Å². The van der Waals surface area contributed by atoms with Crippen molar-refractivity contribution >= 4 is 6.98 Å². The van der Waals surface area contributed by atoms with Crippen LogP contribution in [-0.4, -0.2) is 6.98 Å². The summed E-state index contributed by atoms with van der Waals surface area (Å²) in [5.74, 6) is 0. The molecule has 0 amide bonds. The molecule has 0 atom stereocenters. The van der Waals surface area contributed by atoms with Crippen LogP contribution >= 0.6 is 0 Å². The van der Waals surface area contributed by atoms with Gasteiger partial charge in [-0.05, 0) is 13.8 Å². The first-order chi connectivity index (χ1) is 4.27. The fourth-order valence-electron chi connectivity index (χ4n) is 0.624. The van der Waals surface area contributed by atoms with Gasteiger partial charge in [-0.15, -0.1) is 0 Å². The van der Waals surface area contributed by atoms with Crippen LogP contribution in [0.1, 0.15) is 13.8 Å². The highest BCUT2D eigenvalue weighted by Gasteiger charge is 2.32. The molecule has 0 aromatic carbocycles. The van der Waals surface area contributed by atoms with Gasteiger partial charge < -0.3 is 12.9 Å². The normalized spacial score (nSPS) is 12.8. The van der Waals surface area contributed by atoms with Gasteiger partial charge >= 0.3 is 6.98 Å². The van der Waals surface area contributed by atoms with Gasteiger partial charge in [0, 0.05) is 5.41 Å². The molecule has 0 aromatic heterocycles. The van der Waals surface area contributed by atoms with Crippen molar-refractivity contribution in [1.29, 1.82) is 5.26 Å². The van der Waals surface area contributed by atoms with Crippen molar-refractivity contribution in [3.8, 4) is 6.07 Å². The number of hydrogen-bond donors (Lipinski definition) is 0. The Kier molecular flexibility index (Phi) is 2.36. The Balaban J connectivity index is 4.05. The molecular weight excluding hydrogens is 142 g/mol. The van der Waals surface area contributed by atoms with Gasteiger partial charge in [0.1, 0.15) is 0 Å². The maximum Gasteiger partial charge on any atom is 0.479 e. The molecule has 0 bridgehead atoms. The summed E-state index contributed by atoms with van der Waals surface area (Å²) >= 11 is 0. The number of nitrogens with zero attached hydrogens (tertiary/aromatic N) is 1. The SMILES string of the molecule is CC(C)(C#N)C[B-](F)(F)F. The van der Waals surface area contributed by atoms with E-state index in [9.17, 15) is 12.9 Å². The van der Waals surface area contributed by atoms with Gasteiger partial charge in [-0.1, -0.05) is 6.32 Å². The van der Waals surface area contributed by atoms with Crippen LogP contribution in [0.5, 0.6) is 0 Å². The summed E-state index contributed by atoms with van der Waals surface area (Å²) in [6, 6.07) is 1.59. The first kappa shape index (κ1) is 9.34. The second-order valence-corrected chi connectivity index (χ2v) is 2.91. The molecule has 0 heterocycles. The van der Waals surface area contributed by atoms with Gasteiger partial charge in [-0.25, -0.2) is 0 Å². The summed E-state index contributed by atoms with van der Waals surface area (Å²) in [7, 11) is 0. The predicted octanol–water partition coefficient (Wildman–Crippen LogP) is 2.38. The van der Waals surface area contributed by atoms with Crippen molar-refractivity contribution < 1.29 is 12.9 Å². The van der Waals surface area contributed by atoms with Crippen molar-refractivity contribution in [2.24, 2.45) is 5.41 Å². The number of hydrogen-bond acceptors (Lipinski definition) is 1. The number of rotatable bonds is 2. The second kappa shape index (κ2) is 2.53. The lowest BCUT2D eigenvalue weighted by atomic mass is 9.71. The average molecular weight is 150 g/mol. The molecule has 0 aliphatic rings. The van der Waals surface area contributed by atoms with E-state index in [1.165, 1.54) is 13.8 Å². The monoisotopic (exact) mass is 150 g/mol. The Labute approximate surface area is 57.9 Å². The summed E-state index contributed by atoms with van der Waals surface area (Å²) in [5, 5.41) is 8.22. The third-order valence-electron chi connectivity index (χ3n) is 1.04. The van der Waals surface area contributed by atoms with Crippen LogP contribution in [0, 0.1) is 16.7 Å². The van der Waals surface area contributed by atoms with Crippen LogP contribution in [0.2, 0.25) is 6.32 Å². The van der Waals surface area contributed by atoms with Crippen molar-refractivity contribution in [3.63, 3.8) is 0 Å². The number of nitriles is 1. The maximum absolute atomic E-state index is 11.6. The van der Waals surface area contributed by atoms with E-state index in [1.54, 1.807) is 6.07 Å². The van der Waals surface area contributed by atoms with Crippen molar-refractivity contribution in [3.05, 3.63) is 0 Å². The maximum atomic E-state index is 11.6. The van der Waals surface area contributed by atoms with E-state index in [4.69, 9.17) is 5.26 Å². The van der Waals surface area contributed by atoms with Gasteiger partial charge in [-0.3, -0.25) is 0 Å². The third kappa shape index (κ3) is 4.25. The minimum atomic E-state index is -4.82. The smallest absolute Gasteiger partial charge is 0.449 e. The molecule has 0 fully saturated rings. The summed E-state index contributed by atoms with van der Waals surface area (Å²) in [6.45, 7) is -2.26. The van der Waals surface area contributed by atoms with Gasteiger partial charge in [0.05, 0.1) is 6.07 Å². The average Bonchev–Trinajstić information content (AvgIpc) is 1.60. The molecule has 1 nitrogen and oxygen atoms in total. The Bertz CT molecular complexity index is 155. The second-order valence-electron chi connectivity index (χ2n) is 2.91. The zero-order valence-corrected chi connectivity index (χ0v) is 5.87. The molecule has 0 unspecified atom stereocenters. The van der Waals surface area contributed by atoms with Crippen molar-refractivity contribution in [2.45, 2.75) is 20.2 Å². The predicted molar refractivity (Wildman–Crippen MR) is 33.3 cm³/mol. The Morgan fingerprint density at radius 3 is 1.90 bits per heavy atom. The minimum absolute atomic E-state index is 0.983. The van der Waals surface area contributed by atoms with Crippen LogP contribution in [0.25, 0.3) is 0 Å². The van der Waals surface area contributed by atoms with Gasteiger partial charge in [-0.2, -0.15) is 5.26 Å². The lowest BCUT2D eigenvalue weighted by molar-refractivity contribution is 0.413. The molecule has 5 heteroatoms. The van der Waals surface area contributed by atoms with E-state index >= 15 is 0 Å². The number of halogens is 3. The highest BCUT2D eigenvalue weighted by Crippen LogP contribution is 2.29. The molecule has 10 heavy (non-hydrogen) atoms. The Morgan fingerprint density at radius 1 is 1.40 bits per heavy atom. The molecule has 0 N–H and O–H groups in total. The zero-order chi connectivity index (χ0) is 8.41. The fourth-order valence-corrected chi connectivity index (χ4v) is 0.624. The van der Waals surface area contributed by atoms with E-state index in [1.807, 2.05) is 0 Å². The molecule has 0 aromatic rings. The van der Waals surface area contributed by atoms with Gasteiger partial charge in [0.2, 0.25) is 0 Å². The molecule has 0 saturated heterocycles. The summed E-state index contributed by atoms with van der Waals surface area (Å²) in [4.78, 5) is 0. The van der Waals surface area contributed by atoms with E-state index in [0.29, 0.717) is 0 Å². The largest absolute Gasteiger partial charge is 0.479 e. The Hall–Kier alpha value is -0.655. The highest BCUT2D eigenvalue weighted by atomic mass is 19.4. The van der Waals surface area contributed by atoms with E-state index in [0.717, 1.165) is 0 Å². The molecule has 58 valence electrons. The molecule has 0 radical (unpaired) electrons. The summed E-state index contributed by atoms with van der Waals surface area (Å²) in [6.07, 6.45) is -0.983. The lowest BCUT2D eigenvalue weighted by Crippen LogP contribution is -2.24. The first-order valence-corrected chi connectivity index (χ1v) is 2.89. The van der Waals surface area contributed by atoms with E-state index < -0.39 is 18.7 Å². The van der Waals surface area contributed by atoms with Crippen LogP contribution in [0.4, 0.5) is 12.9 Å². The van der Waals surface area contributed by atoms with Crippen LogP contribution in [0.3, 0.4) is 0 Å². The van der Waals surface area contributed by atoms with E-state index in [-0.39, 0.29) is 0 Å². The fraction of sp³-hybridized carbons (Fsp3) is 0.800. The molecule has 0 aliphatic heterocycles. The summed E-state index contributed by atoms with van der Waals surface area (Å²) < 4.78 is 34.9. The van der Waals surface area contributed by atoms with Gasteiger partial charge in [0.25, 0.3) is 0 Å². The van der Waals surface area contributed by atoms with Gasteiger partial charge in [0.15, 0.2) is 0 Å². The summed E-state index contributed by atoms with van der Waals surface area (Å²) in [5.41, 5.74) is -1.27. The molecule has 0 rings (SSSR count). The third-order valence-corrected chi connectivity index (χ3v) is 1.04. The topological polar surface area (TPSA) is 23.8 Å². The molecule has 0 aliphatic carbocycles. The standard InChI is InChI=1S/C5H8BF3N/c1-5(2,4-10)3-6(7,8)9/h3H2,1-2H3/q-1. The lowest BCUT2D eigenvalue weighted by Gasteiger charge is -2.22. The minimum Gasteiger partial charge on any atom is -0.449 e. The molecule has 0 spiro atoms. The highest BCUT2D eigenvalue weighted by molar-refractivity contribution is 6.58. The van der Waals surface area contributed by atoms with Crippen LogP contribution in [0.15, 0.2) is 0 Å². The van der Waals surface area contributed by atoms with Crippen molar-refractivity contribution in [1.82, 2.24) is 0 Å². The first-order valence-electron chi connectivity index (χ1n) is 2.89. The molecular formula is C5H8BF3N-. The molecule has 0 saturated carbocycles. The Morgan fingerprint density at radius 2 is 1.80 bits per heavy atom. The van der Waals surface area contributed by atoms with E-state index in [2.05, 4.69) is 0 Å². The van der Waals surface area contributed by atoms with Crippen molar-refractivity contribution in [2.75, 3.05) is 0 Å². The zero-order valence-electron chi connectivity index (χ0n) is 5.87. The van der Waals surface area contributed by atoms with Crippen LogP contribution < -0.4 is 0 Å². The quantitative estimate of drug-likeness (QED) is 0.554.